The van der Waals surface area contributed by atoms with Crippen molar-refractivity contribution in [3.63, 3.8) is 0 Å². The lowest BCUT2D eigenvalue weighted by atomic mass is 9.96. The lowest BCUT2D eigenvalue weighted by Gasteiger charge is -2.32. The van der Waals surface area contributed by atoms with Gasteiger partial charge in [-0.15, -0.1) is 0 Å². The number of piperidine rings is 1. The van der Waals surface area contributed by atoms with Crippen LogP contribution in [0.3, 0.4) is 0 Å². The molecule has 1 fully saturated rings. The molecule has 0 aliphatic carbocycles. The van der Waals surface area contributed by atoms with E-state index in [1.54, 1.807) is 42.5 Å². The second kappa shape index (κ2) is 9.58. The van der Waals surface area contributed by atoms with Gasteiger partial charge in [0.05, 0.1) is 4.90 Å². The summed E-state index contributed by atoms with van der Waals surface area (Å²) in [5.74, 6) is 0.549. The normalized spacial score (nSPS) is 17.3. The van der Waals surface area contributed by atoms with Gasteiger partial charge in [-0.25, -0.2) is 17.9 Å². The summed E-state index contributed by atoms with van der Waals surface area (Å²) in [7, 11) is -1.92. The van der Waals surface area contributed by atoms with E-state index in [1.165, 1.54) is 21.1 Å². The first-order chi connectivity index (χ1) is 15.1. The predicted octanol–water partition coefficient (Wildman–Crippen LogP) is 2.21. The molecular formula is C22H33N5O4S. The van der Waals surface area contributed by atoms with Gasteiger partial charge in [0, 0.05) is 50.7 Å². The monoisotopic (exact) mass is 463 g/mol. The summed E-state index contributed by atoms with van der Waals surface area (Å²) >= 11 is 0. The predicted molar refractivity (Wildman–Crippen MR) is 122 cm³/mol. The molecule has 32 heavy (non-hydrogen) atoms. The molecule has 9 nitrogen and oxygen atoms in total. The lowest BCUT2D eigenvalue weighted by molar-refractivity contribution is 0.0702. The molecule has 0 bridgehead atoms. The van der Waals surface area contributed by atoms with Gasteiger partial charge in [-0.05, 0) is 51.0 Å². The quantitative estimate of drug-likeness (QED) is 0.627. The van der Waals surface area contributed by atoms with Gasteiger partial charge in [-0.2, -0.15) is 9.40 Å². The van der Waals surface area contributed by atoms with Crippen molar-refractivity contribution in [1.29, 1.82) is 0 Å². The third-order valence-corrected chi connectivity index (χ3v) is 8.08. The summed E-state index contributed by atoms with van der Waals surface area (Å²) in [5.41, 5.74) is 0.301. The molecule has 1 aliphatic heterocycles. The molecule has 10 heteroatoms. The molecule has 1 atom stereocenters. The number of amides is 1. The van der Waals surface area contributed by atoms with Gasteiger partial charge in [0.25, 0.3) is 5.91 Å². The highest BCUT2D eigenvalue weighted by molar-refractivity contribution is 7.89. The van der Waals surface area contributed by atoms with E-state index >= 15 is 0 Å². The first-order valence-electron chi connectivity index (χ1n) is 11.2. The second-order valence-corrected chi connectivity index (χ2v) is 10.4. The van der Waals surface area contributed by atoms with E-state index in [4.69, 9.17) is 0 Å². The molecule has 2 aromatic rings. The van der Waals surface area contributed by atoms with Crippen molar-refractivity contribution in [2.45, 2.75) is 57.4 Å². The van der Waals surface area contributed by atoms with Crippen molar-refractivity contribution in [2.24, 2.45) is 7.05 Å². The number of hydrogen-bond acceptors (Lipinski definition) is 5. The fraction of sp³-hybridized carbons (Fsp3) is 0.591. The Bertz CT molecular complexity index is 1110. The van der Waals surface area contributed by atoms with Crippen molar-refractivity contribution in [3.8, 4) is 0 Å². The Morgan fingerprint density at radius 1 is 1.19 bits per heavy atom. The second-order valence-electron chi connectivity index (χ2n) is 8.43. The minimum absolute atomic E-state index is 0.0161. The van der Waals surface area contributed by atoms with Crippen molar-refractivity contribution in [1.82, 2.24) is 23.6 Å². The van der Waals surface area contributed by atoms with Gasteiger partial charge < -0.3 is 4.90 Å². The van der Waals surface area contributed by atoms with Gasteiger partial charge in [0.15, 0.2) is 0 Å². The number of benzene rings is 1. The molecular weight excluding hydrogens is 430 g/mol. The Morgan fingerprint density at radius 2 is 1.81 bits per heavy atom. The Labute approximate surface area is 189 Å². The Morgan fingerprint density at radius 3 is 2.38 bits per heavy atom. The maximum Gasteiger partial charge on any atom is 0.345 e. The number of aromatic nitrogens is 3. The molecule has 1 aromatic carbocycles. The smallest absolute Gasteiger partial charge is 0.338 e. The SMILES string of the molecule is CCN(CC)S(=O)(=O)c1ccc(C(=O)N2CCCC(c3nn(C)c(=O)n3C(C)C)C2)cc1. The molecule has 3 rings (SSSR count). The lowest BCUT2D eigenvalue weighted by Crippen LogP contribution is -2.40. The minimum atomic E-state index is -3.56. The number of rotatable bonds is 7. The van der Waals surface area contributed by atoms with Gasteiger partial charge in [0.1, 0.15) is 5.82 Å². The van der Waals surface area contributed by atoms with Crippen LogP contribution in [0, 0.1) is 0 Å². The molecule has 0 radical (unpaired) electrons. The van der Waals surface area contributed by atoms with E-state index < -0.39 is 10.0 Å². The first-order valence-corrected chi connectivity index (χ1v) is 12.6. The maximum absolute atomic E-state index is 13.1. The third kappa shape index (κ3) is 4.52. The Hall–Kier alpha value is -2.46. The molecule has 1 amide bonds. The minimum Gasteiger partial charge on any atom is -0.338 e. The van der Waals surface area contributed by atoms with Crippen LogP contribution in [0.15, 0.2) is 34.0 Å². The zero-order chi connectivity index (χ0) is 23.6. The number of carbonyl (C=O) groups is 1. The van der Waals surface area contributed by atoms with E-state index in [-0.39, 0.29) is 28.5 Å². The van der Waals surface area contributed by atoms with Crippen LogP contribution in [0.5, 0.6) is 0 Å². The van der Waals surface area contributed by atoms with Crippen LogP contribution in [-0.4, -0.2) is 64.1 Å². The van der Waals surface area contributed by atoms with Gasteiger partial charge in [0.2, 0.25) is 10.0 Å². The fourth-order valence-corrected chi connectivity index (χ4v) is 5.76. The first kappa shape index (κ1) is 24.2. The number of likely N-dealkylation sites (tertiary alicyclic amines) is 1. The maximum atomic E-state index is 13.1. The van der Waals surface area contributed by atoms with E-state index in [2.05, 4.69) is 5.10 Å². The molecule has 0 N–H and O–H groups in total. The highest BCUT2D eigenvalue weighted by Crippen LogP contribution is 2.27. The molecule has 0 spiro atoms. The summed E-state index contributed by atoms with van der Waals surface area (Å²) < 4.78 is 29.8. The van der Waals surface area contributed by atoms with Crippen molar-refractivity contribution in [2.75, 3.05) is 26.2 Å². The molecule has 1 aromatic heterocycles. The number of carbonyl (C=O) groups excluding carboxylic acids is 1. The summed E-state index contributed by atoms with van der Waals surface area (Å²) in [6.07, 6.45) is 1.67. The fourth-order valence-electron chi connectivity index (χ4n) is 4.30. The summed E-state index contributed by atoms with van der Waals surface area (Å²) in [6, 6.07) is 6.13. The number of aryl methyl sites for hydroxylation is 1. The third-order valence-electron chi connectivity index (χ3n) is 6.02. The number of nitrogens with zero attached hydrogens (tertiary/aromatic N) is 5. The van der Waals surface area contributed by atoms with Crippen LogP contribution >= 0.6 is 0 Å². The number of hydrogen-bond donors (Lipinski definition) is 0. The van der Waals surface area contributed by atoms with Crippen LogP contribution < -0.4 is 5.69 Å². The van der Waals surface area contributed by atoms with E-state index in [0.717, 1.165) is 12.8 Å². The van der Waals surface area contributed by atoms with Gasteiger partial charge >= 0.3 is 5.69 Å². The van der Waals surface area contributed by atoms with Crippen LogP contribution in [0.4, 0.5) is 0 Å². The summed E-state index contributed by atoms with van der Waals surface area (Å²) in [5, 5.41) is 4.45. The van der Waals surface area contributed by atoms with E-state index in [0.29, 0.717) is 37.6 Å². The van der Waals surface area contributed by atoms with Gasteiger partial charge in [-0.1, -0.05) is 13.8 Å². The number of sulfonamides is 1. The molecule has 0 saturated carbocycles. The Balaban J connectivity index is 1.80. The highest BCUT2D eigenvalue weighted by atomic mass is 32.2. The van der Waals surface area contributed by atoms with Crippen molar-refractivity contribution >= 4 is 15.9 Å². The van der Waals surface area contributed by atoms with Crippen LogP contribution in [-0.2, 0) is 17.1 Å². The largest absolute Gasteiger partial charge is 0.345 e. The van der Waals surface area contributed by atoms with Crippen molar-refractivity contribution in [3.05, 3.63) is 46.1 Å². The van der Waals surface area contributed by atoms with Crippen LogP contribution in [0.25, 0.3) is 0 Å². The molecule has 176 valence electrons. The average molecular weight is 464 g/mol. The average Bonchev–Trinajstić information content (AvgIpc) is 3.08. The summed E-state index contributed by atoms with van der Waals surface area (Å²) in [4.78, 5) is 27.5. The molecule has 2 heterocycles. The highest BCUT2D eigenvalue weighted by Gasteiger charge is 2.30. The van der Waals surface area contributed by atoms with Gasteiger partial charge in [-0.3, -0.25) is 9.36 Å². The molecule has 1 unspecified atom stereocenters. The van der Waals surface area contributed by atoms with E-state index in [9.17, 15) is 18.0 Å². The zero-order valence-corrected chi connectivity index (χ0v) is 20.3. The van der Waals surface area contributed by atoms with Crippen molar-refractivity contribution < 1.29 is 13.2 Å². The topological polar surface area (TPSA) is 97.5 Å². The molecule has 1 aliphatic rings. The molecule has 1 saturated heterocycles. The van der Waals surface area contributed by atoms with Crippen LogP contribution in [0.2, 0.25) is 0 Å². The summed E-state index contributed by atoms with van der Waals surface area (Å²) in [6.45, 7) is 9.37. The van der Waals surface area contributed by atoms with Crippen LogP contribution in [0.1, 0.15) is 68.7 Å². The van der Waals surface area contributed by atoms with E-state index in [1.807, 2.05) is 13.8 Å². The standard InChI is InChI=1S/C22H33N5O4S/c1-6-26(7-2)32(30,31)19-12-10-17(11-13-19)21(28)25-14-8-9-18(15-25)20-23-24(5)22(29)27(20)16(3)4/h10-13,16,18H,6-9,14-15H2,1-5H3. The zero-order valence-electron chi connectivity index (χ0n) is 19.5. The Kier molecular flexibility index (Phi) is 7.24.